The number of nitrogens with one attached hydrogen (secondary N) is 2. The van der Waals surface area contributed by atoms with Gasteiger partial charge in [-0.3, -0.25) is 4.79 Å². The molecular formula is C20H20N2O3. The number of anilines is 1. The Morgan fingerprint density at radius 3 is 2.80 bits per heavy atom. The van der Waals surface area contributed by atoms with Crippen molar-refractivity contribution < 1.29 is 14.3 Å². The fraction of sp³-hybridized carbons (Fsp3) is 0.200. The van der Waals surface area contributed by atoms with E-state index in [1.54, 1.807) is 24.3 Å². The van der Waals surface area contributed by atoms with Gasteiger partial charge in [0.15, 0.2) is 0 Å². The summed E-state index contributed by atoms with van der Waals surface area (Å²) in [5.74, 6) is -0.489. The number of benzene rings is 2. The minimum atomic E-state index is -0.421. The summed E-state index contributed by atoms with van der Waals surface area (Å²) in [6.07, 6.45) is 4.01. The van der Waals surface area contributed by atoms with Gasteiger partial charge in [-0.1, -0.05) is 24.3 Å². The molecule has 0 fully saturated rings. The lowest BCUT2D eigenvalue weighted by molar-refractivity contribution is -0.116. The summed E-state index contributed by atoms with van der Waals surface area (Å²) in [5.41, 5.74) is 3.34. The predicted octanol–water partition coefficient (Wildman–Crippen LogP) is 3.92. The third kappa shape index (κ3) is 4.07. The van der Waals surface area contributed by atoms with Gasteiger partial charge in [-0.25, -0.2) is 4.79 Å². The summed E-state index contributed by atoms with van der Waals surface area (Å²) in [6, 6.07) is 14.9. The first kappa shape index (κ1) is 16.8. The minimum Gasteiger partial charge on any atom is -0.465 e. The molecule has 128 valence electrons. The third-order valence-electron chi connectivity index (χ3n) is 4.09. The Bertz CT molecular complexity index is 899. The summed E-state index contributed by atoms with van der Waals surface area (Å²) in [4.78, 5) is 26.9. The van der Waals surface area contributed by atoms with E-state index in [0.717, 1.165) is 18.4 Å². The number of H-pyrrole nitrogens is 1. The number of fused-ring (bicyclic) bond motifs is 1. The monoisotopic (exact) mass is 336 g/mol. The average Bonchev–Trinajstić information content (AvgIpc) is 3.04. The minimum absolute atomic E-state index is 0.0677. The van der Waals surface area contributed by atoms with Crippen LogP contribution >= 0.6 is 0 Å². The Balaban J connectivity index is 1.54. The van der Waals surface area contributed by atoms with E-state index in [2.05, 4.69) is 21.1 Å². The maximum atomic E-state index is 12.1. The van der Waals surface area contributed by atoms with Crippen LogP contribution in [0, 0.1) is 0 Å². The number of aromatic nitrogens is 1. The van der Waals surface area contributed by atoms with E-state index in [-0.39, 0.29) is 5.91 Å². The first-order valence-electron chi connectivity index (χ1n) is 8.20. The molecule has 2 N–H and O–H groups in total. The second kappa shape index (κ2) is 7.66. The second-order valence-electron chi connectivity index (χ2n) is 5.83. The van der Waals surface area contributed by atoms with Crippen LogP contribution in [0.5, 0.6) is 0 Å². The molecule has 0 radical (unpaired) electrons. The van der Waals surface area contributed by atoms with Crippen LogP contribution < -0.4 is 5.32 Å². The zero-order valence-corrected chi connectivity index (χ0v) is 14.0. The van der Waals surface area contributed by atoms with Crippen molar-refractivity contribution in [1.82, 2.24) is 4.98 Å². The smallest absolute Gasteiger partial charge is 0.337 e. The van der Waals surface area contributed by atoms with E-state index in [4.69, 9.17) is 0 Å². The van der Waals surface area contributed by atoms with Gasteiger partial charge in [-0.2, -0.15) is 0 Å². The molecule has 0 aliphatic rings. The number of rotatable bonds is 6. The molecule has 1 heterocycles. The van der Waals surface area contributed by atoms with Gasteiger partial charge in [0.25, 0.3) is 0 Å². The third-order valence-corrected chi connectivity index (χ3v) is 4.09. The molecule has 3 rings (SSSR count). The molecule has 1 amide bonds. The average molecular weight is 336 g/mol. The van der Waals surface area contributed by atoms with Gasteiger partial charge in [-0.15, -0.1) is 0 Å². The molecule has 5 nitrogen and oxygen atoms in total. The highest BCUT2D eigenvalue weighted by atomic mass is 16.5. The zero-order chi connectivity index (χ0) is 17.6. The number of para-hydroxylation sites is 1. The van der Waals surface area contributed by atoms with E-state index in [1.165, 1.54) is 18.1 Å². The highest BCUT2D eigenvalue weighted by Crippen LogP contribution is 2.19. The lowest BCUT2D eigenvalue weighted by atomic mass is 10.1. The quantitative estimate of drug-likeness (QED) is 0.670. The van der Waals surface area contributed by atoms with Gasteiger partial charge in [-0.05, 0) is 42.7 Å². The Morgan fingerprint density at radius 1 is 1.12 bits per heavy atom. The summed E-state index contributed by atoms with van der Waals surface area (Å²) in [6.45, 7) is 0. The van der Waals surface area contributed by atoms with Crippen LogP contribution in [0.4, 0.5) is 5.69 Å². The van der Waals surface area contributed by atoms with Crippen LogP contribution in [-0.4, -0.2) is 24.0 Å². The number of carbonyl (C=O) groups excluding carboxylic acids is 2. The number of hydrogen-bond donors (Lipinski definition) is 2. The van der Waals surface area contributed by atoms with Crippen LogP contribution in [0.2, 0.25) is 0 Å². The molecule has 25 heavy (non-hydrogen) atoms. The van der Waals surface area contributed by atoms with Crippen molar-refractivity contribution in [1.29, 1.82) is 0 Å². The van der Waals surface area contributed by atoms with E-state index in [0.29, 0.717) is 17.7 Å². The van der Waals surface area contributed by atoms with Crippen molar-refractivity contribution in [3.63, 3.8) is 0 Å². The molecular weight excluding hydrogens is 316 g/mol. The number of methoxy groups -OCH3 is 1. The van der Waals surface area contributed by atoms with Gasteiger partial charge in [0, 0.05) is 29.2 Å². The number of amides is 1. The summed E-state index contributed by atoms with van der Waals surface area (Å²) < 4.78 is 4.68. The maximum Gasteiger partial charge on any atom is 0.337 e. The Hall–Kier alpha value is -3.08. The number of esters is 1. The van der Waals surface area contributed by atoms with Crippen LogP contribution in [0.1, 0.15) is 28.8 Å². The first-order chi connectivity index (χ1) is 12.2. The van der Waals surface area contributed by atoms with E-state index < -0.39 is 5.97 Å². The summed E-state index contributed by atoms with van der Waals surface area (Å²) in [7, 11) is 1.33. The molecule has 0 atom stereocenters. The van der Waals surface area contributed by atoms with Crippen molar-refractivity contribution in [2.75, 3.05) is 12.4 Å². The van der Waals surface area contributed by atoms with Crippen LogP contribution in [-0.2, 0) is 16.0 Å². The van der Waals surface area contributed by atoms with Crippen LogP contribution in [0.15, 0.2) is 54.7 Å². The molecule has 0 aliphatic carbocycles. The molecule has 0 spiro atoms. The van der Waals surface area contributed by atoms with E-state index in [1.807, 2.05) is 24.4 Å². The van der Waals surface area contributed by atoms with Crippen molar-refractivity contribution in [2.24, 2.45) is 0 Å². The first-order valence-corrected chi connectivity index (χ1v) is 8.20. The highest BCUT2D eigenvalue weighted by molar-refractivity contribution is 5.94. The lowest BCUT2D eigenvalue weighted by Gasteiger charge is -2.07. The fourth-order valence-corrected chi connectivity index (χ4v) is 2.84. The molecule has 0 unspecified atom stereocenters. The Labute approximate surface area is 146 Å². The molecule has 0 saturated carbocycles. The number of aromatic amines is 1. The molecule has 0 bridgehead atoms. The molecule has 2 aromatic carbocycles. The Kier molecular flexibility index (Phi) is 5.14. The summed E-state index contributed by atoms with van der Waals surface area (Å²) in [5, 5.41) is 4.03. The zero-order valence-electron chi connectivity index (χ0n) is 14.0. The molecule has 1 aromatic heterocycles. The maximum absolute atomic E-state index is 12.1. The van der Waals surface area contributed by atoms with Crippen molar-refractivity contribution in [3.8, 4) is 0 Å². The highest BCUT2D eigenvalue weighted by Gasteiger charge is 2.09. The van der Waals surface area contributed by atoms with Gasteiger partial charge < -0.3 is 15.0 Å². The van der Waals surface area contributed by atoms with Crippen molar-refractivity contribution in [3.05, 3.63) is 65.9 Å². The predicted molar refractivity (Wildman–Crippen MR) is 97.6 cm³/mol. The Morgan fingerprint density at radius 2 is 1.96 bits per heavy atom. The molecule has 0 saturated heterocycles. The van der Waals surface area contributed by atoms with Crippen molar-refractivity contribution >= 4 is 28.5 Å². The van der Waals surface area contributed by atoms with E-state index >= 15 is 0 Å². The molecule has 5 heteroatoms. The number of ether oxygens (including phenoxy) is 1. The van der Waals surface area contributed by atoms with Gasteiger partial charge in [0.1, 0.15) is 0 Å². The largest absolute Gasteiger partial charge is 0.465 e. The van der Waals surface area contributed by atoms with Gasteiger partial charge >= 0.3 is 5.97 Å². The van der Waals surface area contributed by atoms with Crippen LogP contribution in [0.25, 0.3) is 10.9 Å². The number of hydrogen-bond acceptors (Lipinski definition) is 3. The molecule has 0 aliphatic heterocycles. The standard InChI is InChI=1S/C20H20N2O3/c1-25-20(24)14-6-4-8-16(12-14)22-19(23)11-5-7-15-13-21-18-10-3-2-9-17(15)18/h2-4,6,8-10,12-13,21H,5,7,11H2,1H3,(H,22,23). The number of aryl methyl sites for hydroxylation is 1. The summed E-state index contributed by atoms with van der Waals surface area (Å²) >= 11 is 0. The molecule has 3 aromatic rings. The van der Waals surface area contributed by atoms with Gasteiger partial charge in [0.05, 0.1) is 12.7 Å². The SMILES string of the molecule is COC(=O)c1cccc(NC(=O)CCCc2c[nH]c3ccccc23)c1. The normalized spacial score (nSPS) is 10.6. The lowest BCUT2D eigenvalue weighted by Crippen LogP contribution is -2.12. The van der Waals surface area contributed by atoms with Crippen molar-refractivity contribution in [2.45, 2.75) is 19.3 Å². The fourth-order valence-electron chi connectivity index (χ4n) is 2.84. The second-order valence-corrected chi connectivity index (χ2v) is 5.83. The van der Waals surface area contributed by atoms with Crippen LogP contribution in [0.3, 0.4) is 0 Å². The van der Waals surface area contributed by atoms with Gasteiger partial charge in [0.2, 0.25) is 5.91 Å². The van der Waals surface area contributed by atoms with E-state index in [9.17, 15) is 9.59 Å². The topological polar surface area (TPSA) is 71.2 Å². The number of carbonyl (C=O) groups is 2.